The maximum atomic E-state index is 14.4. The Morgan fingerprint density at radius 3 is 2.55 bits per heavy atom. The van der Waals surface area contributed by atoms with E-state index in [9.17, 15) is 18.8 Å². The number of rotatable bonds is 6. The number of nitrogens with one attached hydrogen (secondary N) is 3. The second kappa shape index (κ2) is 8.66. The molecule has 0 atom stereocenters. The maximum absolute atomic E-state index is 14.4. The summed E-state index contributed by atoms with van der Waals surface area (Å²) in [5.74, 6) is -2.24. The highest BCUT2D eigenvalue weighted by molar-refractivity contribution is 6.34. The molecule has 0 unspecified atom stereocenters. The van der Waals surface area contributed by atoms with E-state index in [1.807, 2.05) is 0 Å². The molecule has 0 spiro atoms. The van der Waals surface area contributed by atoms with E-state index in [4.69, 9.17) is 11.6 Å². The van der Waals surface area contributed by atoms with Gasteiger partial charge in [-0.2, -0.15) is 0 Å². The molecule has 0 saturated heterocycles. The van der Waals surface area contributed by atoms with E-state index in [0.29, 0.717) is 0 Å². The molecule has 3 aromatic rings. The van der Waals surface area contributed by atoms with Gasteiger partial charge in [-0.1, -0.05) is 30.7 Å². The largest absolute Gasteiger partial charge is 0.340 e. The summed E-state index contributed by atoms with van der Waals surface area (Å²) in [6.45, 7) is 1.66. The van der Waals surface area contributed by atoms with Gasteiger partial charge in [0.05, 0.1) is 22.6 Å². The van der Waals surface area contributed by atoms with Crippen molar-refractivity contribution in [1.82, 2.24) is 9.97 Å². The number of aromatic amines is 1. The number of benzene rings is 2. The Kier molecular flexibility index (Phi) is 6.04. The van der Waals surface area contributed by atoms with Crippen LogP contribution in [0.1, 0.15) is 44.7 Å². The van der Waals surface area contributed by atoms with Gasteiger partial charge in [-0.25, -0.2) is 9.37 Å². The van der Waals surface area contributed by atoms with Crippen LogP contribution in [0, 0.1) is 5.82 Å². The zero-order valence-electron chi connectivity index (χ0n) is 15.3. The number of carbonyl (C=O) groups excluding carboxylic acids is 3. The average molecular weight is 415 g/mol. The molecule has 7 nitrogen and oxygen atoms in total. The zero-order valence-corrected chi connectivity index (χ0v) is 16.0. The number of imidazole rings is 1. The predicted octanol–water partition coefficient (Wildman–Crippen LogP) is 4.30. The molecule has 148 valence electrons. The summed E-state index contributed by atoms with van der Waals surface area (Å²) in [6.07, 6.45) is 1.44. The first-order valence-electron chi connectivity index (χ1n) is 8.64. The number of ketones is 1. The first-order valence-corrected chi connectivity index (χ1v) is 9.01. The van der Waals surface area contributed by atoms with Crippen LogP contribution in [0.5, 0.6) is 0 Å². The molecule has 29 heavy (non-hydrogen) atoms. The average Bonchev–Trinajstić information content (AvgIpc) is 3.19. The van der Waals surface area contributed by atoms with Crippen molar-refractivity contribution < 1.29 is 18.8 Å². The van der Waals surface area contributed by atoms with Gasteiger partial charge >= 0.3 is 0 Å². The second-order valence-electron chi connectivity index (χ2n) is 5.99. The molecule has 0 aliphatic rings. The Bertz CT molecular complexity index is 1100. The molecule has 3 rings (SSSR count). The number of hydrogen-bond donors (Lipinski definition) is 3. The number of anilines is 2. The van der Waals surface area contributed by atoms with Crippen molar-refractivity contribution in [1.29, 1.82) is 0 Å². The number of halogens is 2. The molecule has 0 radical (unpaired) electrons. The smallest absolute Gasteiger partial charge is 0.274 e. The van der Waals surface area contributed by atoms with Gasteiger partial charge in [0.2, 0.25) is 0 Å². The van der Waals surface area contributed by atoms with Gasteiger partial charge in [0.15, 0.2) is 5.78 Å². The zero-order chi connectivity index (χ0) is 21.0. The van der Waals surface area contributed by atoms with Crippen LogP contribution in [0.4, 0.5) is 15.8 Å². The topological polar surface area (TPSA) is 104 Å². The number of carbonyl (C=O) groups is 3. The van der Waals surface area contributed by atoms with Gasteiger partial charge in [-0.05, 0) is 30.3 Å². The Balaban J connectivity index is 1.74. The summed E-state index contributed by atoms with van der Waals surface area (Å²) >= 11 is 5.97. The van der Waals surface area contributed by atoms with E-state index in [2.05, 4.69) is 20.6 Å². The molecule has 2 amide bonds. The van der Waals surface area contributed by atoms with Crippen LogP contribution in [0.2, 0.25) is 5.02 Å². The van der Waals surface area contributed by atoms with Gasteiger partial charge < -0.3 is 15.6 Å². The summed E-state index contributed by atoms with van der Waals surface area (Å²) < 4.78 is 14.4. The summed E-state index contributed by atoms with van der Waals surface area (Å²) in [5, 5.41) is 5.17. The highest BCUT2D eigenvalue weighted by atomic mass is 35.5. The predicted molar refractivity (Wildman–Crippen MR) is 107 cm³/mol. The number of aromatic nitrogens is 2. The lowest BCUT2D eigenvalue weighted by Crippen LogP contribution is -2.17. The Morgan fingerprint density at radius 2 is 1.86 bits per heavy atom. The number of amides is 2. The third kappa shape index (κ3) is 4.49. The van der Waals surface area contributed by atoms with Crippen molar-refractivity contribution in [3.05, 3.63) is 76.6 Å². The van der Waals surface area contributed by atoms with E-state index in [1.54, 1.807) is 25.1 Å². The number of H-pyrrole nitrogens is 1. The van der Waals surface area contributed by atoms with Crippen molar-refractivity contribution in [3.63, 3.8) is 0 Å². The fourth-order valence-electron chi connectivity index (χ4n) is 2.57. The molecule has 0 aliphatic carbocycles. The van der Waals surface area contributed by atoms with E-state index >= 15 is 0 Å². The molecule has 0 saturated carbocycles. The molecule has 9 heteroatoms. The molecule has 0 fully saturated rings. The minimum Gasteiger partial charge on any atom is -0.340 e. The third-order valence-corrected chi connectivity index (χ3v) is 4.37. The molecule has 0 aliphatic heterocycles. The van der Waals surface area contributed by atoms with E-state index in [1.165, 1.54) is 24.5 Å². The van der Waals surface area contributed by atoms with Crippen molar-refractivity contribution in [2.24, 2.45) is 0 Å². The van der Waals surface area contributed by atoms with Crippen LogP contribution in [0.3, 0.4) is 0 Å². The highest BCUT2D eigenvalue weighted by Crippen LogP contribution is 2.22. The first kappa shape index (κ1) is 20.2. The van der Waals surface area contributed by atoms with Crippen molar-refractivity contribution >= 4 is 40.6 Å². The first-order chi connectivity index (χ1) is 13.9. The van der Waals surface area contributed by atoms with E-state index in [0.717, 1.165) is 6.07 Å². The molecule has 3 N–H and O–H groups in total. The van der Waals surface area contributed by atoms with Gasteiger partial charge in [0, 0.05) is 12.1 Å². The second-order valence-corrected chi connectivity index (χ2v) is 6.39. The van der Waals surface area contributed by atoms with Gasteiger partial charge in [0.1, 0.15) is 17.2 Å². The van der Waals surface area contributed by atoms with E-state index < -0.39 is 17.6 Å². The Labute approximate surface area is 170 Å². The van der Waals surface area contributed by atoms with Gasteiger partial charge in [0.25, 0.3) is 11.8 Å². The standard InChI is InChI=1S/C20H16ClFN4O3/c1-2-16(27)17-18(24-10-23-17)20(29)25-11-7-8-15(14(22)9-11)26-19(28)12-5-3-4-6-13(12)21/h3-10H,2H2,1H3,(H,23,24)(H,25,29)(H,26,28). The van der Waals surface area contributed by atoms with Crippen LogP contribution < -0.4 is 10.6 Å². The fourth-order valence-corrected chi connectivity index (χ4v) is 2.79. The number of Topliss-reactive ketones (excluding diaryl/α,β-unsaturated/α-hetero) is 1. The summed E-state index contributed by atoms with van der Waals surface area (Å²) in [6, 6.07) is 10.2. The van der Waals surface area contributed by atoms with Crippen molar-refractivity contribution in [2.45, 2.75) is 13.3 Å². The summed E-state index contributed by atoms with van der Waals surface area (Å²) in [5.41, 5.74) is 0.296. The van der Waals surface area contributed by atoms with Crippen LogP contribution in [0.25, 0.3) is 0 Å². The number of hydrogen-bond acceptors (Lipinski definition) is 4. The molecular formula is C20H16ClFN4O3. The van der Waals surface area contributed by atoms with Crippen LogP contribution in [-0.2, 0) is 0 Å². The van der Waals surface area contributed by atoms with E-state index in [-0.39, 0.29) is 45.6 Å². The van der Waals surface area contributed by atoms with Gasteiger partial charge in [-0.3, -0.25) is 14.4 Å². The van der Waals surface area contributed by atoms with Crippen LogP contribution in [0.15, 0.2) is 48.8 Å². The molecule has 1 aromatic heterocycles. The minimum atomic E-state index is -0.752. The lowest BCUT2D eigenvalue weighted by Gasteiger charge is -2.10. The maximum Gasteiger partial charge on any atom is 0.274 e. The summed E-state index contributed by atoms with van der Waals surface area (Å²) in [7, 11) is 0. The molecule has 1 heterocycles. The quantitative estimate of drug-likeness (QED) is 0.523. The Hall–Kier alpha value is -3.52. The molecular weight excluding hydrogens is 399 g/mol. The van der Waals surface area contributed by atoms with Crippen LogP contribution >= 0.6 is 11.6 Å². The number of nitrogens with zero attached hydrogens (tertiary/aromatic N) is 1. The minimum absolute atomic E-state index is 0.00615. The SMILES string of the molecule is CCC(=O)c1nc[nH]c1C(=O)Nc1ccc(NC(=O)c2ccccc2Cl)c(F)c1. The van der Waals surface area contributed by atoms with Crippen molar-refractivity contribution in [3.8, 4) is 0 Å². The fraction of sp³-hybridized carbons (Fsp3) is 0.100. The normalized spacial score (nSPS) is 10.4. The monoisotopic (exact) mass is 414 g/mol. The lowest BCUT2D eigenvalue weighted by atomic mass is 10.1. The molecule has 2 aromatic carbocycles. The molecule has 0 bridgehead atoms. The Morgan fingerprint density at radius 1 is 1.10 bits per heavy atom. The lowest BCUT2D eigenvalue weighted by molar-refractivity contribution is 0.0963. The van der Waals surface area contributed by atoms with Gasteiger partial charge in [-0.15, -0.1) is 0 Å². The van der Waals surface area contributed by atoms with Crippen molar-refractivity contribution in [2.75, 3.05) is 10.6 Å². The highest BCUT2D eigenvalue weighted by Gasteiger charge is 2.20. The van der Waals surface area contributed by atoms with Crippen LogP contribution in [-0.4, -0.2) is 27.6 Å². The summed E-state index contributed by atoms with van der Waals surface area (Å²) in [4.78, 5) is 42.9. The third-order valence-electron chi connectivity index (χ3n) is 4.05.